The fraction of sp³-hybridized carbons (Fsp3) is 0.846. The average molecular weight is 258 g/mol. The van der Waals surface area contributed by atoms with Crippen LogP contribution in [0.25, 0.3) is 0 Å². The standard InChI is InChI=1S/C13H22O5/c1-5-6-15-12-8(2)10-11(9(7-14)16-12)18-13(3,4)17-10/h5,8-12,14H,1,6-7H2,2-4H3/t8?,9?,10-,11+,12+/m1/s1. The van der Waals surface area contributed by atoms with E-state index < -0.39 is 18.2 Å². The van der Waals surface area contributed by atoms with Gasteiger partial charge in [0.2, 0.25) is 0 Å². The van der Waals surface area contributed by atoms with Crippen molar-refractivity contribution in [1.82, 2.24) is 0 Å². The van der Waals surface area contributed by atoms with E-state index >= 15 is 0 Å². The van der Waals surface area contributed by atoms with Crippen LogP contribution >= 0.6 is 0 Å². The summed E-state index contributed by atoms with van der Waals surface area (Å²) in [6.07, 6.45) is 0.484. The molecular weight excluding hydrogens is 236 g/mol. The number of hydrogen-bond donors (Lipinski definition) is 1. The van der Waals surface area contributed by atoms with E-state index in [9.17, 15) is 5.11 Å². The molecule has 0 spiro atoms. The highest BCUT2D eigenvalue weighted by molar-refractivity contribution is 4.94. The zero-order valence-corrected chi connectivity index (χ0v) is 11.2. The van der Waals surface area contributed by atoms with Crippen LogP contribution in [0.2, 0.25) is 0 Å². The van der Waals surface area contributed by atoms with Gasteiger partial charge in [-0.05, 0) is 13.8 Å². The Labute approximate surface area is 108 Å². The summed E-state index contributed by atoms with van der Waals surface area (Å²) in [6, 6.07) is 0. The van der Waals surface area contributed by atoms with Crippen molar-refractivity contribution in [3.05, 3.63) is 12.7 Å². The van der Waals surface area contributed by atoms with Gasteiger partial charge in [0, 0.05) is 5.92 Å². The fourth-order valence-corrected chi connectivity index (χ4v) is 2.54. The molecule has 2 fully saturated rings. The minimum absolute atomic E-state index is 0.0412. The number of hydrogen-bond acceptors (Lipinski definition) is 5. The molecule has 0 amide bonds. The predicted molar refractivity (Wildman–Crippen MR) is 64.9 cm³/mol. The van der Waals surface area contributed by atoms with Gasteiger partial charge in [0.05, 0.1) is 19.3 Å². The fourth-order valence-electron chi connectivity index (χ4n) is 2.54. The maximum Gasteiger partial charge on any atom is 0.163 e. The Balaban J connectivity index is 2.11. The molecule has 104 valence electrons. The van der Waals surface area contributed by atoms with Crippen LogP contribution in [0, 0.1) is 5.92 Å². The molecule has 2 unspecified atom stereocenters. The van der Waals surface area contributed by atoms with E-state index in [-0.39, 0.29) is 24.7 Å². The van der Waals surface area contributed by atoms with Crippen LogP contribution in [-0.2, 0) is 18.9 Å². The summed E-state index contributed by atoms with van der Waals surface area (Å²) in [6.45, 7) is 9.65. The van der Waals surface area contributed by atoms with E-state index in [2.05, 4.69) is 6.58 Å². The second-order valence-corrected chi connectivity index (χ2v) is 5.27. The lowest BCUT2D eigenvalue weighted by Gasteiger charge is -2.40. The number of ether oxygens (including phenoxy) is 4. The minimum Gasteiger partial charge on any atom is -0.394 e. The SMILES string of the molecule is C=CCO[C@H]1OC(CO)[C@@H]2OC(C)(C)O[C@@H]2C1C. The Kier molecular flexibility index (Phi) is 4.08. The molecule has 0 aromatic heterocycles. The lowest BCUT2D eigenvalue weighted by atomic mass is 9.92. The molecular formula is C13H22O5. The van der Waals surface area contributed by atoms with Crippen molar-refractivity contribution in [3.63, 3.8) is 0 Å². The monoisotopic (exact) mass is 258 g/mol. The Bertz CT molecular complexity index is 304. The normalized spacial score (nSPS) is 42.6. The summed E-state index contributed by atoms with van der Waals surface area (Å²) in [7, 11) is 0. The second-order valence-electron chi connectivity index (χ2n) is 5.27. The third-order valence-electron chi connectivity index (χ3n) is 3.34. The summed E-state index contributed by atoms with van der Waals surface area (Å²) in [5, 5.41) is 9.40. The Hall–Kier alpha value is -0.460. The van der Waals surface area contributed by atoms with Crippen LogP contribution in [0.4, 0.5) is 0 Å². The molecule has 0 aromatic rings. The smallest absolute Gasteiger partial charge is 0.163 e. The first-order valence-corrected chi connectivity index (χ1v) is 6.33. The van der Waals surface area contributed by atoms with E-state index in [0.717, 1.165) is 0 Å². The van der Waals surface area contributed by atoms with Crippen LogP contribution in [-0.4, -0.2) is 48.7 Å². The molecule has 2 aliphatic rings. The molecule has 5 heteroatoms. The lowest BCUT2D eigenvalue weighted by Crippen LogP contribution is -2.54. The van der Waals surface area contributed by atoms with Crippen molar-refractivity contribution in [2.75, 3.05) is 13.2 Å². The van der Waals surface area contributed by atoms with Crippen molar-refractivity contribution >= 4 is 0 Å². The topological polar surface area (TPSA) is 57.2 Å². The predicted octanol–water partition coefficient (Wildman–Crippen LogP) is 1.06. The third-order valence-corrected chi connectivity index (χ3v) is 3.34. The summed E-state index contributed by atoms with van der Waals surface area (Å²) in [5.74, 6) is -0.604. The second kappa shape index (κ2) is 5.27. The quantitative estimate of drug-likeness (QED) is 0.764. The highest BCUT2D eigenvalue weighted by Crippen LogP contribution is 2.40. The van der Waals surface area contributed by atoms with Crippen molar-refractivity contribution < 1.29 is 24.1 Å². The van der Waals surface area contributed by atoms with E-state index in [4.69, 9.17) is 18.9 Å². The largest absolute Gasteiger partial charge is 0.394 e. The van der Waals surface area contributed by atoms with Crippen LogP contribution in [0.3, 0.4) is 0 Å². The van der Waals surface area contributed by atoms with Gasteiger partial charge < -0.3 is 24.1 Å². The van der Waals surface area contributed by atoms with E-state index in [1.807, 2.05) is 20.8 Å². The summed E-state index contributed by atoms with van der Waals surface area (Å²) in [5.41, 5.74) is 0. The van der Waals surface area contributed by atoms with Crippen LogP contribution in [0.1, 0.15) is 20.8 Å². The number of aliphatic hydroxyl groups is 1. The van der Waals surface area contributed by atoms with E-state index in [0.29, 0.717) is 6.61 Å². The minimum atomic E-state index is -0.645. The molecule has 5 nitrogen and oxygen atoms in total. The molecule has 2 heterocycles. The summed E-state index contributed by atoms with van der Waals surface area (Å²) >= 11 is 0. The van der Waals surface area contributed by atoms with Crippen LogP contribution in [0.5, 0.6) is 0 Å². The highest BCUT2D eigenvalue weighted by atomic mass is 16.8. The number of aliphatic hydroxyl groups excluding tert-OH is 1. The van der Waals surface area contributed by atoms with Crippen molar-refractivity contribution in [3.8, 4) is 0 Å². The van der Waals surface area contributed by atoms with Gasteiger partial charge in [0.15, 0.2) is 12.1 Å². The molecule has 2 aliphatic heterocycles. The summed E-state index contributed by atoms with van der Waals surface area (Å²) in [4.78, 5) is 0. The summed E-state index contributed by atoms with van der Waals surface area (Å²) < 4.78 is 23.0. The average Bonchev–Trinajstić information content (AvgIpc) is 2.65. The van der Waals surface area contributed by atoms with Gasteiger partial charge in [-0.25, -0.2) is 0 Å². The molecule has 0 saturated carbocycles. The van der Waals surface area contributed by atoms with Gasteiger partial charge in [-0.3, -0.25) is 0 Å². The molecule has 2 saturated heterocycles. The lowest BCUT2D eigenvalue weighted by molar-refractivity contribution is -0.258. The molecule has 0 radical (unpaired) electrons. The molecule has 0 aliphatic carbocycles. The van der Waals surface area contributed by atoms with E-state index in [1.54, 1.807) is 6.08 Å². The van der Waals surface area contributed by atoms with Gasteiger partial charge in [-0.2, -0.15) is 0 Å². The maximum absolute atomic E-state index is 9.40. The van der Waals surface area contributed by atoms with Gasteiger partial charge in [-0.1, -0.05) is 13.0 Å². The molecule has 0 aromatic carbocycles. The van der Waals surface area contributed by atoms with Crippen LogP contribution < -0.4 is 0 Å². The van der Waals surface area contributed by atoms with E-state index in [1.165, 1.54) is 0 Å². The van der Waals surface area contributed by atoms with Gasteiger partial charge >= 0.3 is 0 Å². The Morgan fingerprint density at radius 1 is 1.33 bits per heavy atom. The molecule has 1 N–H and O–H groups in total. The maximum atomic E-state index is 9.40. The third kappa shape index (κ3) is 2.60. The Morgan fingerprint density at radius 2 is 2.00 bits per heavy atom. The van der Waals surface area contributed by atoms with Crippen molar-refractivity contribution in [1.29, 1.82) is 0 Å². The molecule has 5 atom stereocenters. The van der Waals surface area contributed by atoms with Gasteiger partial charge in [-0.15, -0.1) is 6.58 Å². The zero-order valence-electron chi connectivity index (χ0n) is 11.2. The van der Waals surface area contributed by atoms with Crippen molar-refractivity contribution in [2.24, 2.45) is 5.92 Å². The highest BCUT2D eigenvalue weighted by Gasteiger charge is 2.53. The van der Waals surface area contributed by atoms with Gasteiger partial charge in [0.25, 0.3) is 0 Å². The zero-order chi connectivity index (χ0) is 13.3. The molecule has 18 heavy (non-hydrogen) atoms. The van der Waals surface area contributed by atoms with Gasteiger partial charge in [0.1, 0.15) is 12.2 Å². The van der Waals surface area contributed by atoms with Crippen LogP contribution in [0.15, 0.2) is 12.7 Å². The molecule has 2 rings (SSSR count). The first-order valence-electron chi connectivity index (χ1n) is 6.33. The number of rotatable bonds is 4. The first-order chi connectivity index (χ1) is 8.48. The number of fused-ring (bicyclic) bond motifs is 1. The molecule has 0 bridgehead atoms. The van der Waals surface area contributed by atoms with Crippen molar-refractivity contribution in [2.45, 2.75) is 51.2 Å². The first kappa shape index (κ1) is 14.0. The Morgan fingerprint density at radius 3 is 2.61 bits per heavy atom.